The summed E-state index contributed by atoms with van der Waals surface area (Å²) in [7, 11) is 3.16. The summed E-state index contributed by atoms with van der Waals surface area (Å²) in [6.07, 6.45) is 1.97. The number of ether oxygens (including phenoxy) is 1. The molecule has 0 saturated carbocycles. The molecule has 3 aromatic rings. The Kier molecular flexibility index (Phi) is 10.1. The van der Waals surface area contributed by atoms with Crippen molar-refractivity contribution in [1.29, 1.82) is 0 Å². The third-order valence-electron chi connectivity index (χ3n) is 5.65. The maximum atomic E-state index is 15.2. The van der Waals surface area contributed by atoms with Gasteiger partial charge < -0.3 is 20.5 Å². The van der Waals surface area contributed by atoms with Gasteiger partial charge in [0.2, 0.25) is 11.9 Å². The maximum Gasteiger partial charge on any atom is 0.234 e. The summed E-state index contributed by atoms with van der Waals surface area (Å²) < 4.78 is 20.4. The molecule has 9 nitrogen and oxygen atoms in total. The van der Waals surface area contributed by atoms with Gasteiger partial charge in [-0.2, -0.15) is 0 Å². The summed E-state index contributed by atoms with van der Waals surface area (Å²) >= 11 is 6.27. The molecule has 0 aliphatic heterocycles. The number of benzene rings is 2. The number of anilines is 1. The molecule has 1 unspecified atom stereocenters. The maximum absolute atomic E-state index is 15.2. The highest BCUT2D eigenvalue weighted by Crippen LogP contribution is 2.30. The van der Waals surface area contributed by atoms with Crippen molar-refractivity contribution in [2.75, 3.05) is 32.6 Å². The predicted molar refractivity (Wildman–Crippen MR) is 144 cm³/mol. The fourth-order valence-electron chi connectivity index (χ4n) is 3.87. The minimum Gasteiger partial charge on any atom is -0.497 e. The van der Waals surface area contributed by atoms with Gasteiger partial charge in [0.1, 0.15) is 11.6 Å². The van der Waals surface area contributed by atoms with Crippen molar-refractivity contribution in [2.45, 2.75) is 32.5 Å². The van der Waals surface area contributed by atoms with Crippen LogP contribution < -0.4 is 15.4 Å². The zero-order valence-corrected chi connectivity index (χ0v) is 22.4. The van der Waals surface area contributed by atoms with Crippen molar-refractivity contribution in [3.05, 3.63) is 70.1 Å². The Balaban J connectivity index is 1.75. The van der Waals surface area contributed by atoms with E-state index in [1.807, 2.05) is 13.8 Å². The summed E-state index contributed by atoms with van der Waals surface area (Å²) in [5, 5.41) is 15.8. The molecule has 3 N–H and O–H groups in total. The first-order valence-electron chi connectivity index (χ1n) is 11.9. The second-order valence-electron chi connectivity index (χ2n) is 9.08. The molecule has 0 aliphatic rings. The number of methoxy groups -OCH3 is 1. The molecule has 0 aliphatic carbocycles. The van der Waals surface area contributed by atoms with Crippen LogP contribution >= 0.6 is 11.6 Å². The van der Waals surface area contributed by atoms with E-state index in [-0.39, 0.29) is 47.8 Å². The van der Waals surface area contributed by atoms with E-state index in [2.05, 4.69) is 20.6 Å². The molecule has 38 heavy (non-hydrogen) atoms. The van der Waals surface area contributed by atoms with E-state index in [1.165, 1.54) is 25.4 Å². The number of aromatic nitrogens is 2. The lowest BCUT2D eigenvalue weighted by Crippen LogP contribution is -2.38. The number of rotatable bonds is 12. The number of likely N-dealkylation sites (N-methyl/N-ethyl adjacent to an activating group) is 1. The van der Waals surface area contributed by atoms with Crippen molar-refractivity contribution in [3.8, 4) is 17.0 Å². The second-order valence-corrected chi connectivity index (χ2v) is 9.49. The topological polar surface area (TPSA) is 117 Å². The summed E-state index contributed by atoms with van der Waals surface area (Å²) in [5.41, 5.74) is 1.56. The largest absolute Gasteiger partial charge is 0.497 e. The van der Waals surface area contributed by atoms with Gasteiger partial charge in [-0.3, -0.25) is 14.5 Å². The number of carbonyl (C=O) groups is 2. The summed E-state index contributed by atoms with van der Waals surface area (Å²) in [4.78, 5) is 34.6. The number of carbonyl (C=O) groups excluding carboxylic acids is 2. The Bertz CT molecular complexity index is 1290. The van der Waals surface area contributed by atoms with Crippen LogP contribution in [0.5, 0.6) is 5.75 Å². The van der Waals surface area contributed by atoms with Crippen LogP contribution in [-0.2, 0) is 11.3 Å². The molecule has 11 heteroatoms. The molecule has 1 heterocycles. The van der Waals surface area contributed by atoms with Crippen molar-refractivity contribution >= 4 is 29.7 Å². The van der Waals surface area contributed by atoms with Crippen molar-refractivity contribution in [3.63, 3.8) is 0 Å². The zero-order chi connectivity index (χ0) is 27.8. The highest BCUT2D eigenvalue weighted by molar-refractivity contribution is 6.32. The third-order valence-corrected chi connectivity index (χ3v) is 5.92. The molecule has 0 spiro atoms. The van der Waals surface area contributed by atoms with E-state index in [0.717, 1.165) is 0 Å². The van der Waals surface area contributed by atoms with E-state index >= 15 is 4.39 Å². The minimum absolute atomic E-state index is 0.00574. The quantitative estimate of drug-likeness (QED) is 0.295. The van der Waals surface area contributed by atoms with Crippen LogP contribution in [0.2, 0.25) is 5.02 Å². The Hall–Kier alpha value is -3.60. The first kappa shape index (κ1) is 29.0. The SMILES string of the molecule is COc1cccc(C(CO)NC(=O)CN(C)Cc2c(F)cc(-c3nc(NC(C)C)ncc3Cl)cc2C=O)c1. The molecule has 3 rings (SSSR count). The number of nitrogens with zero attached hydrogens (tertiary/aromatic N) is 3. The van der Waals surface area contributed by atoms with Gasteiger partial charge in [-0.15, -0.1) is 0 Å². The molecule has 1 amide bonds. The van der Waals surface area contributed by atoms with Crippen LogP contribution in [0.25, 0.3) is 11.3 Å². The van der Waals surface area contributed by atoms with E-state index in [0.29, 0.717) is 34.8 Å². The number of aldehydes is 1. The van der Waals surface area contributed by atoms with Gasteiger partial charge in [-0.25, -0.2) is 14.4 Å². The number of hydrogen-bond acceptors (Lipinski definition) is 8. The molecule has 0 fully saturated rings. The zero-order valence-electron chi connectivity index (χ0n) is 21.7. The number of aliphatic hydroxyl groups is 1. The van der Waals surface area contributed by atoms with E-state index in [4.69, 9.17) is 16.3 Å². The molecule has 0 radical (unpaired) electrons. The van der Waals surface area contributed by atoms with Crippen molar-refractivity contribution in [1.82, 2.24) is 20.2 Å². The number of nitrogens with one attached hydrogen (secondary N) is 2. The number of halogens is 2. The molecule has 2 aromatic carbocycles. The van der Waals surface area contributed by atoms with Gasteiger partial charge in [-0.05, 0) is 50.7 Å². The van der Waals surface area contributed by atoms with Crippen molar-refractivity contribution < 1.29 is 23.8 Å². The van der Waals surface area contributed by atoms with E-state index < -0.39 is 11.9 Å². The summed E-state index contributed by atoms with van der Waals surface area (Å²) in [6, 6.07) is 9.23. The van der Waals surface area contributed by atoms with Crippen LogP contribution in [0, 0.1) is 5.82 Å². The first-order chi connectivity index (χ1) is 18.1. The monoisotopic (exact) mass is 543 g/mol. The molecule has 1 atom stereocenters. The fourth-order valence-corrected chi connectivity index (χ4v) is 4.07. The Morgan fingerprint density at radius 3 is 2.71 bits per heavy atom. The van der Waals surface area contributed by atoms with Crippen LogP contribution in [0.3, 0.4) is 0 Å². The van der Waals surface area contributed by atoms with Gasteiger partial charge in [0.15, 0.2) is 6.29 Å². The first-order valence-corrected chi connectivity index (χ1v) is 12.3. The average Bonchev–Trinajstić information content (AvgIpc) is 2.89. The van der Waals surface area contributed by atoms with Crippen LogP contribution in [0.15, 0.2) is 42.6 Å². The smallest absolute Gasteiger partial charge is 0.234 e. The second kappa shape index (κ2) is 13.3. The Morgan fingerprint density at radius 2 is 2.05 bits per heavy atom. The lowest BCUT2D eigenvalue weighted by atomic mass is 10.0. The van der Waals surface area contributed by atoms with Crippen LogP contribution in [0.1, 0.15) is 41.4 Å². The van der Waals surface area contributed by atoms with E-state index in [9.17, 15) is 14.7 Å². The number of amides is 1. The highest BCUT2D eigenvalue weighted by Gasteiger charge is 2.19. The molecule has 202 valence electrons. The predicted octanol–water partition coefficient (Wildman–Crippen LogP) is 3.86. The molecule has 1 aromatic heterocycles. The Morgan fingerprint density at radius 1 is 1.29 bits per heavy atom. The molecular formula is C27H31ClFN5O4. The van der Waals surface area contributed by atoms with Gasteiger partial charge in [0.05, 0.1) is 43.2 Å². The van der Waals surface area contributed by atoms with E-state index in [1.54, 1.807) is 36.2 Å². The fraction of sp³-hybridized carbons (Fsp3) is 0.333. The van der Waals surface area contributed by atoms with Crippen LogP contribution in [0.4, 0.5) is 10.3 Å². The summed E-state index contributed by atoms with van der Waals surface area (Å²) in [5.74, 6) is -0.0766. The average molecular weight is 544 g/mol. The van der Waals surface area contributed by atoms with Gasteiger partial charge >= 0.3 is 0 Å². The lowest BCUT2D eigenvalue weighted by molar-refractivity contribution is -0.123. The van der Waals surface area contributed by atoms with Crippen LogP contribution in [-0.4, -0.2) is 65.5 Å². The van der Waals surface area contributed by atoms with Crippen molar-refractivity contribution in [2.24, 2.45) is 0 Å². The van der Waals surface area contributed by atoms with Gasteiger partial charge in [-0.1, -0.05) is 23.7 Å². The Labute approximate surface area is 226 Å². The summed E-state index contributed by atoms with van der Waals surface area (Å²) in [6.45, 7) is 3.44. The van der Waals surface area contributed by atoms with Gasteiger partial charge in [0.25, 0.3) is 0 Å². The third kappa shape index (κ3) is 7.47. The molecule has 0 saturated heterocycles. The minimum atomic E-state index is -0.639. The standard InChI is InChI=1S/C27H31ClFN5O4/c1-16(2)31-27-30-11-22(28)26(33-27)18-8-19(14-35)21(23(29)10-18)12-34(3)13-25(37)32-24(15-36)17-6-5-7-20(9-17)38-4/h5-11,14,16,24,36H,12-13,15H2,1-4H3,(H,32,37)(H,30,31,33). The number of aliphatic hydroxyl groups excluding tert-OH is 1. The lowest BCUT2D eigenvalue weighted by Gasteiger charge is -2.21. The normalized spacial score (nSPS) is 11.9. The molecule has 0 bridgehead atoms. The number of hydrogen-bond donors (Lipinski definition) is 3. The van der Waals surface area contributed by atoms with Gasteiger partial charge in [0, 0.05) is 29.3 Å². The molecular weight excluding hydrogens is 513 g/mol. The highest BCUT2D eigenvalue weighted by atomic mass is 35.5.